The molecule has 0 aliphatic carbocycles. The Kier molecular flexibility index (Phi) is 3.76. The maximum Gasteiger partial charge on any atom is 0.488 e. The quantitative estimate of drug-likeness (QED) is 0.661. The lowest BCUT2D eigenvalue weighted by molar-refractivity contribution is 0.426. The van der Waals surface area contributed by atoms with E-state index in [1.807, 2.05) is 30.5 Å². The normalized spacial score (nSPS) is 10.6. The maximum atomic E-state index is 9.06. The van der Waals surface area contributed by atoms with E-state index in [9.17, 15) is 0 Å². The second-order valence-corrected chi connectivity index (χ2v) is 4.66. The molecule has 1 aromatic carbocycles. The minimum Gasteiger partial charge on any atom is -0.423 e. The van der Waals surface area contributed by atoms with Crippen LogP contribution in [0.1, 0.15) is 5.56 Å². The van der Waals surface area contributed by atoms with Crippen LogP contribution in [0.2, 0.25) is 0 Å². The fraction of sp³-hybridized carbons (Fsp3) is 0.0714. The molecule has 0 spiro atoms. The van der Waals surface area contributed by atoms with Crippen molar-refractivity contribution in [2.75, 3.05) is 0 Å². The zero-order valence-corrected chi connectivity index (χ0v) is 11.2. The number of pyridine rings is 1. The summed E-state index contributed by atoms with van der Waals surface area (Å²) in [7, 11) is -1.44. The van der Waals surface area contributed by atoms with Gasteiger partial charge >= 0.3 is 7.12 Å². The highest BCUT2D eigenvalue weighted by Crippen LogP contribution is 2.14. The summed E-state index contributed by atoms with van der Waals surface area (Å²) in [6.45, 7) is 0.565. The van der Waals surface area contributed by atoms with Crippen LogP contribution in [0.4, 0.5) is 0 Å². The van der Waals surface area contributed by atoms with E-state index in [1.54, 1.807) is 29.2 Å². The van der Waals surface area contributed by atoms with Crippen LogP contribution in [0.15, 0.2) is 55.0 Å². The molecule has 0 fully saturated rings. The van der Waals surface area contributed by atoms with Gasteiger partial charge in [-0.25, -0.2) is 4.68 Å². The Morgan fingerprint density at radius 2 is 1.90 bits per heavy atom. The molecule has 2 N–H and O–H groups in total. The van der Waals surface area contributed by atoms with Gasteiger partial charge < -0.3 is 10.0 Å². The number of benzene rings is 1. The molecular weight excluding hydrogens is 267 g/mol. The van der Waals surface area contributed by atoms with Crippen LogP contribution in [-0.4, -0.2) is 37.1 Å². The first-order chi connectivity index (χ1) is 10.2. The summed E-state index contributed by atoms with van der Waals surface area (Å²) in [6, 6.07) is 10.8. The number of hydrogen-bond acceptors (Lipinski definition) is 5. The molecule has 7 heteroatoms. The van der Waals surface area contributed by atoms with E-state index in [1.165, 1.54) is 0 Å². The van der Waals surface area contributed by atoms with Crippen LogP contribution >= 0.6 is 0 Å². The van der Waals surface area contributed by atoms with Gasteiger partial charge in [-0.2, -0.15) is 0 Å². The molecule has 0 radical (unpaired) electrons. The van der Waals surface area contributed by atoms with Crippen molar-refractivity contribution in [2.45, 2.75) is 6.54 Å². The van der Waals surface area contributed by atoms with Crippen LogP contribution in [0.25, 0.3) is 11.3 Å². The first-order valence-corrected chi connectivity index (χ1v) is 6.48. The summed E-state index contributed by atoms with van der Waals surface area (Å²) in [5.41, 5.74) is 3.16. The van der Waals surface area contributed by atoms with Gasteiger partial charge in [0, 0.05) is 18.0 Å². The van der Waals surface area contributed by atoms with E-state index in [0.717, 1.165) is 16.8 Å². The lowest BCUT2D eigenvalue weighted by Crippen LogP contribution is -2.29. The number of rotatable bonds is 4. The van der Waals surface area contributed by atoms with E-state index in [0.29, 0.717) is 12.0 Å². The summed E-state index contributed by atoms with van der Waals surface area (Å²) in [5, 5.41) is 26.3. The molecule has 3 aromatic rings. The van der Waals surface area contributed by atoms with Gasteiger partial charge in [-0.3, -0.25) is 4.98 Å². The lowest BCUT2D eigenvalue weighted by atomic mass is 9.80. The standard InChI is InChI=1S/C14H13BN4O2/c20-15(21)13-5-3-11(4-6-13)9-19-10-14(17-18-19)12-2-1-7-16-8-12/h1-8,10,20-21H,9H2. The first kappa shape index (κ1) is 13.5. The lowest BCUT2D eigenvalue weighted by Gasteiger charge is -2.03. The van der Waals surface area contributed by atoms with Gasteiger partial charge in [-0.05, 0) is 23.2 Å². The number of nitrogens with zero attached hydrogens (tertiary/aromatic N) is 4. The highest BCUT2D eigenvalue weighted by molar-refractivity contribution is 6.58. The molecule has 0 saturated carbocycles. The molecule has 0 saturated heterocycles. The van der Waals surface area contributed by atoms with Crippen LogP contribution in [0.5, 0.6) is 0 Å². The Labute approximate surface area is 121 Å². The Bertz CT molecular complexity index is 713. The second kappa shape index (κ2) is 5.86. The fourth-order valence-corrected chi connectivity index (χ4v) is 2.00. The summed E-state index contributed by atoms with van der Waals surface area (Å²) in [5.74, 6) is 0. The predicted octanol–water partition coefficient (Wildman–Crippen LogP) is 0.0682. The van der Waals surface area contributed by atoms with Crippen LogP contribution < -0.4 is 5.46 Å². The van der Waals surface area contributed by atoms with Crippen molar-refractivity contribution in [1.29, 1.82) is 0 Å². The summed E-state index contributed by atoms with van der Waals surface area (Å²) in [6.07, 6.45) is 5.31. The Morgan fingerprint density at radius 3 is 2.57 bits per heavy atom. The second-order valence-electron chi connectivity index (χ2n) is 4.66. The molecule has 0 amide bonds. The fourth-order valence-electron chi connectivity index (χ4n) is 2.00. The SMILES string of the molecule is OB(O)c1ccc(Cn2cc(-c3cccnc3)nn2)cc1. The zero-order chi connectivity index (χ0) is 14.7. The van der Waals surface area contributed by atoms with Crippen molar-refractivity contribution >= 4 is 12.6 Å². The Hall–Kier alpha value is -2.51. The van der Waals surface area contributed by atoms with E-state index in [4.69, 9.17) is 10.0 Å². The van der Waals surface area contributed by atoms with Gasteiger partial charge in [0.15, 0.2) is 0 Å². The third-order valence-corrected chi connectivity index (χ3v) is 3.12. The van der Waals surface area contributed by atoms with Crippen LogP contribution in [0, 0.1) is 0 Å². The van der Waals surface area contributed by atoms with E-state index < -0.39 is 7.12 Å². The van der Waals surface area contributed by atoms with Gasteiger partial charge in [-0.15, -0.1) is 5.10 Å². The van der Waals surface area contributed by atoms with E-state index in [-0.39, 0.29) is 0 Å². The molecule has 0 bridgehead atoms. The average Bonchev–Trinajstić information content (AvgIpc) is 2.97. The molecule has 2 aromatic heterocycles. The van der Waals surface area contributed by atoms with Crippen molar-refractivity contribution in [3.05, 3.63) is 60.6 Å². The smallest absolute Gasteiger partial charge is 0.423 e. The van der Waals surface area contributed by atoms with Crippen molar-refractivity contribution in [1.82, 2.24) is 20.0 Å². The maximum absolute atomic E-state index is 9.06. The van der Waals surface area contributed by atoms with Gasteiger partial charge in [0.05, 0.1) is 12.7 Å². The molecule has 3 rings (SSSR count). The molecule has 0 aliphatic heterocycles. The molecule has 2 heterocycles. The van der Waals surface area contributed by atoms with Crippen molar-refractivity contribution in [3.8, 4) is 11.3 Å². The minimum absolute atomic E-state index is 0.466. The van der Waals surface area contributed by atoms with Gasteiger partial charge in [0.1, 0.15) is 5.69 Å². The number of aromatic nitrogens is 4. The predicted molar refractivity (Wildman–Crippen MR) is 78.6 cm³/mol. The third kappa shape index (κ3) is 3.15. The highest BCUT2D eigenvalue weighted by atomic mass is 16.4. The monoisotopic (exact) mass is 280 g/mol. The van der Waals surface area contributed by atoms with E-state index >= 15 is 0 Å². The largest absolute Gasteiger partial charge is 0.488 e. The van der Waals surface area contributed by atoms with E-state index in [2.05, 4.69) is 15.3 Å². The number of hydrogen-bond donors (Lipinski definition) is 2. The van der Waals surface area contributed by atoms with Crippen LogP contribution in [-0.2, 0) is 6.54 Å². The molecule has 0 unspecified atom stereocenters. The van der Waals surface area contributed by atoms with Crippen molar-refractivity contribution in [3.63, 3.8) is 0 Å². The van der Waals surface area contributed by atoms with Crippen LogP contribution in [0.3, 0.4) is 0 Å². The highest BCUT2D eigenvalue weighted by Gasteiger charge is 2.10. The van der Waals surface area contributed by atoms with Gasteiger partial charge in [-0.1, -0.05) is 29.5 Å². The topological polar surface area (TPSA) is 84.1 Å². The molecule has 6 nitrogen and oxygen atoms in total. The summed E-state index contributed by atoms with van der Waals surface area (Å²) >= 11 is 0. The molecule has 21 heavy (non-hydrogen) atoms. The molecule has 0 aliphatic rings. The Morgan fingerprint density at radius 1 is 1.10 bits per heavy atom. The van der Waals surface area contributed by atoms with Gasteiger partial charge in [0.25, 0.3) is 0 Å². The molecule has 0 atom stereocenters. The van der Waals surface area contributed by atoms with Crippen molar-refractivity contribution < 1.29 is 10.0 Å². The minimum atomic E-state index is -1.44. The Balaban J connectivity index is 1.75. The zero-order valence-electron chi connectivity index (χ0n) is 11.2. The van der Waals surface area contributed by atoms with Crippen molar-refractivity contribution in [2.24, 2.45) is 0 Å². The molecular formula is C14H13BN4O2. The average molecular weight is 280 g/mol. The summed E-state index contributed by atoms with van der Waals surface area (Å²) < 4.78 is 1.73. The first-order valence-electron chi connectivity index (χ1n) is 6.48. The van der Waals surface area contributed by atoms with Gasteiger partial charge in [0.2, 0.25) is 0 Å². The summed E-state index contributed by atoms with van der Waals surface area (Å²) in [4.78, 5) is 4.06. The molecule has 104 valence electrons. The third-order valence-electron chi connectivity index (χ3n) is 3.12.